The van der Waals surface area contributed by atoms with Gasteiger partial charge < -0.3 is 14.5 Å². The largest absolute Gasteiger partial charge is 0.454 e. The highest BCUT2D eigenvalue weighted by atomic mass is 19.1. The number of H-pyrrole nitrogens is 1. The third-order valence-corrected chi connectivity index (χ3v) is 3.11. The zero-order valence-corrected chi connectivity index (χ0v) is 9.81. The summed E-state index contributed by atoms with van der Waals surface area (Å²) in [5.41, 5.74) is 2.05. The van der Waals surface area contributed by atoms with Crippen molar-refractivity contribution in [2.24, 2.45) is 0 Å². The minimum atomic E-state index is -0.386. The Balaban J connectivity index is 1.92. The van der Waals surface area contributed by atoms with E-state index in [0.29, 0.717) is 22.9 Å². The number of nitrogens with zero attached hydrogens (tertiary/aromatic N) is 1. The number of benzene rings is 2. The molecule has 2 heterocycles. The van der Waals surface area contributed by atoms with E-state index in [0.717, 1.165) is 11.0 Å². The summed E-state index contributed by atoms with van der Waals surface area (Å²) in [5, 5.41) is 0. The summed E-state index contributed by atoms with van der Waals surface area (Å²) in [4.78, 5) is 7.47. The molecule has 0 amide bonds. The fourth-order valence-corrected chi connectivity index (χ4v) is 2.18. The van der Waals surface area contributed by atoms with Crippen molar-refractivity contribution in [2.45, 2.75) is 0 Å². The molecular weight excluding hydrogens is 247 g/mol. The van der Waals surface area contributed by atoms with Crippen LogP contribution in [0, 0.1) is 5.82 Å². The smallest absolute Gasteiger partial charge is 0.231 e. The molecule has 5 heteroatoms. The summed E-state index contributed by atoms with van der Waals surface area (Å²) >= 11 is 0. The Morgan fingerprint density at radius 1 is 1.11 bits per heavy atom. The number of halogens is 1. The number of hydrogen-bond donors (Lipinski definition) is 1. The molecule has 1 aliphatic rings. The fraction of sp³-hybridized carbons (Fsp3) is 0.0714. The van der Waals surface area contributed by atoms with E-state index in [9.17, 15) is 4.39 Å². The fourth-order valence-electron chi connectivity index (χ4n) is 2.18. The number of para-hydroxylation sites is 2. The van der Waals surface area contributed by atoms with Crippen molar-refractivity contribution in [3.05, 3.63) is 42.2 Å². The van der Waals surface area contributed by atoms with Crippen molar-refractivity contribution in [3.8, 4) is 22.9 Å². The molecule has 94 valence electrons. The van der Waals surface area contributed by atoms with Crippen LogP contribution in [-0.2, 0) is 0 Å². The molecule has 0 bridgehead atoms. The second-order valence-electron chi connectivity index (χ2n) is 4.29. The maximum Gasteiger partial charge on any atom is 0.231 e. The first-order valence-electron chi connectivity index (χ1n) is 5.85. The highest BCUT2D eigenvalue weighted by Crippen LogP contribution is 2.37. The van der Waals surface area contributed by atoms with E-state index in [2.05, 4.69) is 9.97 Å². The number of hydrogen-bond acceptors (Lipinski definition) is 3. The van der Waals surface area contributed by atoms with Gasteiger partial charge in [0.05, 0.1) is 16.6 Å². The van der Waals surface area contributed by atoms with Crippen LogP contribution in [0.25, 0.3) is 22.4 Å². The monoisotopic (exact) mass is 256 g/mol. The second kappa shape index (κ2) is 3.71. The van der Waals surface area contributed by atoms with Crippen LogP contribution >= 0.6 is 0 Å². The van der Waals surface area contributed by atoms with Crippen LogP contribution in [-0.4, -0.2) is 16.8 Å². The van der Waals surface area contributed by atoms with Crippen LogP contribution in [0.5, 0.6) is 11.5 Å². The van der Waals surface area contributed by atoms with Gasteiger partial charge in [0.1, 0.15) is 11.6 Å². The van der Waals surface area contributed by atoms with Gasteiger partial charge in [0.25, 0.3) is 0 Å². The molecule has 0 aliphatic carbocycles. The van der Waals surface area contributed by atoms with Gasteiger partial charge in [-0.05, 0) is 18.2 Å². The number of rotatable bonds is 1. The molecule has 1 N–H and O–H groups in total. The highest BCUT2D eigenvalue weighted by Gasteiger charge is 2.19. The number of aromatic amines is 1. The van der Waals surface area contributed by atoms with E-state index in [4.69, 9.17) is 9.47 Å². The predicted molar refractivity (Wildman–Crippen MR) is 67.6 cm³/mol. The third-order valence-electron chi connectivity index (χ3n) is 3.11. The Morgan fingerprint density at radius 3 is 2.74 bits per heavy atom. The minimum absolute atomic E-state index is 0.123. The Kier molecular flexibility index (Phi) is 2.03. The molecule has 1 aromatic heterocycles. The Labute approximate surface area is 107 Å². The molecule has 2 aromatic carbocycles. The van der Waals surface area contributed by atoms with E-state index in [-0.39, 0.29) is 12.6 Å². The van der Waals surface area contributed by atoms with Crippen LogP contribution in [0.3, 0.4) is 0 Å². The number of ether oxygens (including phenoxy) is 2. The van der Waals surface area contributed by atoms with Crippen LogP contribution in [0.1, 0.15) is 0 Å². The summed E-state index contributed by atoms with van der Waals surface area (Å²) in [6.07, 6.45) is 0. The van der Waals surface area contributed by atoms with Crippen LogP contribution in [0.15, 0.2) is 36.4 Å². The first-order chi connectivity index (χ1) is 9.31. The summed E-state index contributed by atoms with van der Waals surface area (Å²) in [7, 11) is 0. The number of imidazole rings is 1. The SMILES string of the molecule is Fc1cc2c(cc1-c1nc3ccccc3[nH]1)OCO2. The normalized spacial score (nSPS) is 13.1. The first kappa shape index (κ1) is 10.4. The highest BCUT2D eigenvalue weighted by molar-refractivity contribution is 5.79. The second-order valence-corrected chi connectivity index (χ2v) is 4.29. The molecular formula is C14H9FN2O2. The molecule has 19 heavy (non-hydrogen) atoms. The molecule has 3 aromatic rings. The third kappa shape index (κ3) is 1.55. The maximum atomic E-state index is 14.1. The van der Waals surface area contributed by atoms with Crippen LogP contribution in [0.4, 0.5) is 4.39 Å². The summed E-state index contributed by atoms with van der Waals surface area (Å²) in [5.74, 6) is 1.06. The maximum absolute atomic E-state index is 14.1. The van der Waals surface area contributed by atoms with Crippen molar-refractivity contribution in [2.75, 3.05) is 6.79 Å². The standard InChI is InChI=1S/C14H9FN2O2/c15-9-6-13-12(18-7-19-13)5-8(9)14-16-10-3-1-2-4-11(10)17-14/h1-6H,7H2,(H,16,17). The van der Waals surface area contributed by atoms with Crippen LogP contribution in [0.2, 0.25) is 0 Å². The first-order valence-corrected chi connectivity index (χ1v) is 5.85. The molecule has 0 fully saturated rings. The minimum Gasteiger partial charge on any atom is -0.454 e. The lowest BCUT2D eigenvalue weighted by atomic mass is 10.2. The van der Waals surface area contributed by atoms with Gasteiger partial charge in [-0.1, -0.05) is 12.1 Å². The summed E-state index contributed by atoms with van der Waals surface area (Å²) in [6, 6.07) is 10.5. The van der Waals surface area contributed by atoms with Gasteiger partial charge in [-0.3, -0.25) is 0 Å². The average Bonchev–Trinajstić information content (AvgIpc) is 3.02. The zero-order valence-electron chi connectivity index (χ0n) is 9.81. The van der Waals surface area contributed by atoms with Gasteiger partial charge in [0, 0.05) is 6.07 Å². The zero-order chi connectivity index (χ0) is 12.8. The van der Waals surface area contributed by atoms with E-state index in [1.165, 1.54) is 6.07 Å². The molecule has 0 saturated carbocycles. The number of aromatic nitrogens is 2. The molecule has 4 nitrogen and oxygen atoms in total. The van der Waals surface area contributed by atoms with Crippen molar-refractivity contribution in [1.29, 1.82) is 0 Å². The van der Waals surface area contributed by atoms with E-state index in [1.807, 2.05) is 24.3 Å². The number of nitrogens with one attached hydrogen (secondary N) is 1. The van der Waals surface area contributed by atoms with E-state index >= 15 is 0 Å². The molecule has 1 aliphatic heterocycles. The van der Waals surface area contributed by atoms with Crippen molar-refractivity contribution in [1.82, 2.24) is 9.97 Å². The molecule has 0 saturated heterocycles. The quantitative estimate of drug-likeness (QED) is 0.727. The molecule has 0 spiro atoms. The van der Waals surface area contributed by atoms with Gasteiger partial charge in [-0.2, -0.15) is 0 Å². The van der Waals surface area contributed by atoms with Gasteiger partial charge in [0.2, 0.25) is 6.79 Å². The molecule has 4 rings (SSSR count). The van der Waals surface area contributed by atoms with Crippen molar-refractivity contribution in [3.63, 3.8) is 0 Å². The Bertz CT molecular complexity index is 749. The van der Waals surface area contributed by atoms with E-state index in [1.54, 1.807) is 6.07 Å². The van der Waals surface area contributed by atoms with E-state index < -0.39 is 0 Å². The number of fused-ring (bicyclic) bond motifs is 2. The molecule has 0 atom stereocenters. The summed E-state index contributed by atoms with van der Waals surface area (Å²) in [6.45, 7) is 0.123. The van der Waals surface area contributed by atoms with Crippen molar-refractivity contribution < 1.29 is 13.9 Å². The van der Waals surface area contributed by atoms with Crippen molar-refractivity contribution >= 4 is 11.0 Å². The molecule has 0 unspecified atom stereocenters. The Hall–Kier alpha value is -2.56. The lowest BCUT2D eigenvalue weighted by Gasteiger charge is -2.01. The van der Waals surface area contributed by atoms with Crippen LogP contribution < -0.4 is 9.47 Å². The lowest BCUT2D eigenvalue weighted by molar-refractivity contribution is 0.174. The van der Waals surface area contributed by atoms with Gasteiger partial charge in [-0.15, -0.1) is 0 Å². The van der Waals surface area contributed by atoms with Gasteiger partial charge in [-0.25, -0.2) is 9.37 Å². The summed E-state index contributed by atoms with van der Waals surface area (Å²) < 4.78 is 24.5. The van der Waals surface area contributed by atoms with Gasteiger partial charge in [0.15, 0.2) is 11.5 Å². The lowest BCUT2D eigenvalue weighted by Crippen LogP contribution is -1.92. The van der Waals surface area contributed by atoms with Gasteiger partial charge >= 0.3 is 0 Å². The molecule has 0 radical (unpaired) electrons. The predicted octanol–water partition coefficient (Wildman–Crippen LogP) is 3.10. The average molecular weight is 256 g/mol. The Morgan fingerprint density at radius 2 is 1.89 bits per heavy atom. The topological polar surface area (TPSA) is 47.1 Å².